The summed E-state index contributed by atoms with van der Waals surface area (Å²) < 4.78 is 14.6. The Morgan fingerprint density at radius 3 is 2.27 bits per heavy atom. The summed E-state index contributed by atoms with van der Waals surface area (Å²) in [6.45, 7) is 2.02. The summed E-state index contributed by atoms with van der Waals surface area (Å²) >= 11 is 0. The summed E-state index contributed by atoms with van der Waals surface area (Å²) in [6.07, 6.45) is 2.73. The van der Waals surface area contributed by atoms with Crippen LogP contribution in [0, 0.1) is 6.92 Å². The van der Waals surface area contributed by atoms with Gasteiger partial charge in [0.15, 0.2) is 0 Å². The molecule has 2 heteroatoms. The molecule has 2 rings (SSSR count). The van der Waals surface area contributed by atoms with Gasteiger partial charge in [0, 0.05) is 6.04 Å². The topological polar surface area (TPSA) is 26.0 Å². The van der Waals surface area contributed by atoms with Gasteiger partial charge in [0.25, 0.3) is 0 Å². The third-order valence-corrected chi connectivity index (χ3v) is 3.39. The highest BCUT2D eigenvalue weighted by Gasteiger charge is 2.35. The third kappa shape index (κ3) is 2.20. The first-order chi connectivity index (χ1) is 7.10. The molecule has 15 heavy (non-hydrogen) atoms. The maximum atomic E-state index is 14.6. The molecule has 0 radical (unpaired) electrons. The lowest BCUT2D eigenvalue weighted by molar-refractivity contribution is 0.0979. The molecule has 1 nitrogen and oxygen atoms in total. The van der Waals surface area contributed by atoms with Crippen LogP contribution in [0.4, 0.5) is 4.39 Å². The third-order valence-electron chi connectivity index (χ3n) is 3.39. The molecule has 0 bridgehead atoms. The number of hydrogen-bond acceptors (Lipinski definition) is 1. The van der Waals surface area contributed by atoms with Crippen molar-refractivity contribution in [1.29, 1.82) is 0 Å². The second-order valence-electron chi connectivity index (χ2n) is 4.67. The van der Waals surface area contributed by atoms with E-state index < -0.39 is 5.67 Å². The number of rotatable bonds is 1. The van der Waals surface area contributed by atoms with Gasteiger partial charge in [-0.1, -0.05) is 29.8 Å². The zero-order valence-corrected chi connectivity index (χ0v) is 9.17. The van der Waals surface area contributed by atoms with Crippen LogP contribution in [0.15, 0.2) is 24.3 Å². The molecule has 1 saturated carbocycles. The van der Waals surface area contributed by atoms with Gasteiger partial charge in [0.1, 0.15) is 5.67 Å². The summed E-state index contributed by atoms with van der Waals surface area (Å²) in [7, 11) is 0. The van der Waals surface area contributed by atoms with Crippen LogP contribution in [0.1, 0.15) is 36.8 Å². The molecule has 0 saturated heterocycles. The lowest BCUT2D eigenvalue weighted by Crippen LogP contribution is -2.33. The second-order valence-corrected chi connectivity index (χ2v) is 4.67. The van der Waals surface area contributed by atoms with Crippen molar-refractivity contribution in [3.05, 3.63) is 35.4 Å². The van der Waals surface area contributed by atoms with E-state index in [0.717, 1.165) is 18.4 Å². The number of hydrogen-bond donors (Lipinski definition) is 1. The minimum Gasteiger partial charge on any atom is -0.328 e. The number of alkyl halides is 1. The maximum Gasteiger partial charge on any atom is 0.136 e. The summed E-state index contributed by atoms with van der Waals surface area (Å²) in [5.74, 6) is 0. The molecular weight excluding hydrogens is 189 g/mol. The average molecular weight is 207 g/mol. The van der Waals surface area contributed by atoms with E-state index in [4.69, 9.17) is 5.73 Å². The van der Waals surface area contributed by atoms with E-state index >= 15 is 0 Å². The van der Waals surface area contributed by atoms with Crippen molar-refractivity contribution in [3.8, 4) is 0 Å². The first-order valence-corrected chi connectivity index (χ1v) is 5.62. The highest BCUT2D eigenvalue weighted by atomic mass is 19.1. The van der Waals surface area contributed by atoms with E-state index in [1.165, 1.54) is 5.56 Å². The fourth-order valence-corrected chi connectivity index (χ4v) is 2.24. The van der Waals surface area contributed by atoms with Crippen LogP contribution in [0.5, 0.6) is 0 Å². The van der Waals surface area contributed by atoms with Crippen molar-refractivity contribution >= 4 is 0 Å². The highest BCUT2D eigenvalue weighted by Crippen LogP contribution is 2.40. The van der Waals surface area contributed by atoms with Gasteiger partial charge in [-0.05, 0) is 38.2 Å². The molecule has 1 aliphatic carbocycles. The number of aryl methyl sites for hydroxylation is 1. The van der Waals surface area contributed by atoms with Gasteiger partial charge >= 0.3 is 0 Å². The van der Waals surface area contributed by atoms with Crippen molar-refractivity contribution in [1.82, 2.24) is 0 Å². The molecule has 1 aromatic carbocycles. The highest BCUT2D eigenvalue weighted by molar-refractivity contribution is 5.27. The Balaban J connectivity index is 2.18. The van der Waals surface area contributed by atoms with Crippen LogP contribution in [-0.4, -0.2) is 6.04 Å². The SMILES string of the molecule is Cc1ccc(C2(F)CCC(N)CC2)cc1. The molecule has 82 valence electrons. The number of nitrogens with two attached hydrogens (primary N) is 1. The Bertz CT molecular complexity index is 323. The molecule has 0 amide bonds. The van der Waals surface area contributed by atoms with Crippen LogP contribution in [0.3, 0.4) is 0 Å². The molecule has 0 unspecified atom stereocenters. The van der Waals surface area contributed by atoms with Gasteiger partial charge in [0.2, 0.25) is 0 Å². The van der Waals surface area contributed by atoms with Crippen LogP contribution in [-0.2, 0) is 5.67 Å². The first kappa shape index (κ1) is 10.6. The molecular formula is C13H18FN. The van der Waals surface area contributed by atoms with Crippen molar-refractivity contribution < 1.29 is 4.39 Å². The fraction of sp³-hybridized carbons (Fsp3) is 0.538. The smallest absolute Gasteiger partial charge is 0.136 e. The monoisotopic (exact) mass is 207 g/mol. The first-order valence-electron chi connectivity index (χ1n) is 5.62. The molecule has 0 spiro atoms. The Morgan fingerprint density at radius 1 is 1.20 bits per heavy atom. The number of benzene rings is 1. The summed E-state index contributed by atoms with van der Waals surface area (Å²) in [4.78, 5) is 0. The lowest BCUT2D eigenvalue weighted by Gasteiger charge is -2.32. The summed E-state index contributed by atoms with van der Waals surface area (Å²) in [5, 5.41) is 0. The van der Waals surface area contributed by atoms with Crippen LogP contribution < -0.4 is 5.73 Å². The molecule has 0 heterocycles. The van der Waals surface area contributed by atoms with Gasteiger partial charge in [-0.15, -0.1) is 0 Å². The quantitative estimate of drug-likeness (QED) is 0.752. The van der Waals surface area contributed by atoms with Crippen LogP contribution in [0.25, 0.3) is 0 Å². The van der Waals surface area contributed by atoms with E-state index in [2.05, 4.69) is 0 Å². The predicted octanol–water partition coefficient (Wildman–Crippen LogP) is 3.06. The molecule has 1 aromatic rings. The van der Waals surface area contributed by atoms with E-state index in [-0.39, 0.29) is 6.04 Å². The largest absolute Gasteiger partial charge is 0.328 e. The fourth-order valence-electron chi connectivity index (χ4n) is 2.24. The molecule has 1 fully saturated rings. The Labute approximate surface area is 90.5 Å². The van der Waals surface area contributed by atoms with Crippen molar-refractivity contribution in [2.24, 2.45) is 5.73 Å². The molecule has 0 aromatic heterocycles. The van der Waals surface area contributed by atoms with Crippen LogP contribution in [0.2, 0.25) is 0 Å². The Morgan fingerprint density at radius 2 is 1.73 bits per heavy atom. The molecule has 2 N–H and O–H groups in total. The van der Waals surface area contributed by atoms with Crippen LogP contribution >= 0.6 is 0 Å². The lowest BCUT2D eigenvalue weighted by atomic mass is 9.79. The van der Waals surface area contributed by atoms with E-state index in [0.29, 0.717) is 12.8 Å². The average Bonchev–Trinajstić information content (AvgIpc) is 2.24. The predicted molar refractivity (Wildman–Crippen MR) is 60.4 cm³/mol. The van der Waals surface area contributed by atoms with Crippen molar-refractivity contribution in [3.63, 3.8) is 0 Å². The summed E-state index contributed by atoms with van der Waals surface area (Å²) in [6, 6.07) is 7.97. The van der Waals surface area contributed by atoms with E-state index in [1.807, 2.05) is 31.2 Å². The standard InChI is InChI=1S/C13H18FN/c1-10-2-4-11(5-3-10)13(14)8-6-12(15)7-9-13/h2-5,12H,6-9,15H2,1H3. The Hall–Kier alpha value is -0.890. The van der Waals surface area contributed by atoms with Gasteiger partial charge in [-0.25, -0.2) is 4.39 Å². The molecule has 1 aliphatic rings. The van der Waals surface area contributed by atoms with Gasteiger partial charge < -0.3 is 5.73 Å². The molecule has 0 aliphatic heterocycles. The van der Waals surface area contributed by atoms with E-state index in [9.17, 15) is 4.39 Å². The van der Waals surface area contributed by atoms with Gasteiger partial charge in [0.05, 0.1) is 0 Å². The van der Waals surface area contributed by atoms with Crippen molar-refractivity contribution in [2.75, 3.05) is 0 Å². The summed E-state index contributed by atoms with van der Waals surface area (Å²) in [5.41, 5.74) is 6.65. The van der Waals surface area contributed by atoms with Gasteiger partial charge in [-0.3, -0.25) is 0 Å². The minimum absolute atomic E-state index is 0.194. The second kappa shape index (κ2) is 3.93. The Kier molecular flexibility index (Phi) is 2.79. The normalized spacial score (nSPS) is 31.5. The zero-order valence-electron chi connectivity index (χ0n) is 9.17. The minimum atomic E-state index is -1.14. The number of halogens is 1. The van der Waals surface area contributed by atoms with Gasteiger partial charge in [-0.2, -0.15) is 0 Å². The molecule has 0 atom stereocenters. The zero-order chi connectivity index (χ0) is 10.9. The van der Waals surface area contributed by atoms with E-state index in [1.54, 1.807) is 0 Å². The maximum absolute atomic E-state index is 14.6. The van der Waals surface area contributed by atoms with Crippen molar-refractivity contribution in [2.45, 2.75) is 44.3 Å².